The first-order valence-corrected chi connectivity index (χ1v) is 5.92. The molecule has 1 aliphatic heterocycles. The van der Waals surface area contributed by atoms with E-state index >= 15 is 0 Å². The summed E-state index contributed by atoms with van der Waals surface area (Å²) in [5.41, 5.74) is 5.88. The van der Waals surface area contributed by atoms with Crippen molar-refractivity contribution >= 4 is 0 Å². The van der Waals surface area contributed by atoms with Crippen molar-refractivity contribution in [3.8, 4) is 0 Å². The summed E-state index contributed by atoms with van der Waals surface area (Å²) in [6.07, 6.45) is -2.22. The molecule has 1 heterocycles. The van der Waals surface area contributed by atoms with Gasteiger partial charge in [0.05, 0.1) is 6.61 Å². The molecule has 0 bridgehead atoms. The number of rotatable bonds is 5. The zero-order valence-electron chi connectivity index (χ0n) is 10.2. The molecule has 102 valence electrons. The molecular weight excluding hydrogens is 233 g/mol. The standard InChI is InChI=1S/C11H21F3N2O/c1-10(8-15)2-4-16(5-3-10)6-7-17-9-11(12,13)14/h2-9,15H2,1H3. The molecule has 3 nitrogen and oxygen atoms in total. The van der Waals surface area contributed by atoms with E-state index in [1.807, 2.05) is 0 Å². The number of piperidine rings is 1. The van der Waals surface area contributed by atoms with Crippen LogP contribution < -0.4 is 5.73 Å². The molecule has 1 saturated heterocycles. The Balaban J connectivity index is 2.11. The minimum atomic E-state index is -4.22. The summed E-state index contributed by atoms with van der Waals surface area (Å²) in [5.74, 6) is 0. The minimum Gasteiger partial charge on any atom is -0.371 e. The van der Waals surface area contributed by atoms with Crippen LogP contribution in [-0.2, 0) is 4.74 Å². The normalized spacial score (nSPS) is 21.7. The summed E-state index contributed by atoms with van der Waals surface area (Å²) in [6.45, 7) is 4.17. The molecule has 17 heavy (non-hydrogen) atoms. The van der Waals surface area contributed by atoms with Gasteiger partial charge in [-0.05, 0) is 37.9 Å². The third-order valence-corrected chi connectivity index (χ3v) is 3.37. The third kappa shape index (κ3) is 5.70. The zero-order chi connectivity index (χ0) is 12.9. The van der Waals surface area contributed by atoms with Crippen LogP contribution in [0, 0.1) is 5.41 Å². The first kappa shape index (κ1) is 14.7. The Labute approximate surface area is 100 Å². The van der Waals surface area contributed by atoms with Gasteiger partial charge in [0.2, 0.25) is 0 Å². The fourth-order valence-electron chi connectivity index (χ4n) is 1.90. The van der Waals surface area contributed by atoms with Crippen molar-refractivity contribution in [3.05, 3.63) is 0 Å². The summed E-state index contributed by atoms with van der Waals surface area (Å²) in [4.78, 5) is 2.13. The molecule has 0 radical (unpaired) electrons. The van der Waals surface area contributed by atoms with Crippen molar-refractivity contribution < 1.29 is 17.9 Å². The number of nitrogens with zero attached hydrogens (tertiary/aromatic N) is 1. The number of likely N-dealkylation sites (tertiary alicyclic amines) is 1. The number of nitrogens with two attached hydrogens (primary N) is 1. The van der Waals surface area contributed by atoms with Gasteiger partial charge >= 0.3 is 6.18 Å². The van der Waals surface area contributed by atoms with E-state index in [-0.39, 0.29) is 12.0 Å². The molecule has 1 aliphatic rings. The average Bonchev–Trinajstić information content (AvgIpc) is 2.26. The topological polar surface area (TPSA) is 38.5 Å². The molecule has 0 aromatic heterocycles. The van der Waals surface area contributed by atoms with Crippen LogP contribution >= 0.6 is 0 Å². The fourth-order valence-corrected chi connectivity index (χ4v) is 1.90. The predicted molar refractivity (Wildman–Crippen MR) is 59.7 cm³/mol. The predicted octanol–water partition coefficient (Wildman–Crippen LogP) is 1.63. The van der Waals surface area contributed by atoms with Gasteiger partial charge in [0.1, 0.15) is 6.61 Å². The molecule has 0 aliphatic carbocycles. The van der Waals surface area contributed by atoms with Crippen LogP contribution in [0.1, 0.15) is 19.8 Å². The largest absolute Gasteiger partial charge is 0.411 e. The third-order valence-electron chi connectivity index (χ3n) is 3.37. The van der Waals surface area contributed by atoms with Crippen LogP contribution in [-0.4, -0.2) is 50.5 Å². The first-order chi connectivity index (χ1) is 7.85. The highest BCUT2D eigenvalue weighted by Gasteiger charge is 2.29. The van der Waals surface area contributed by atoms with Gasteiger partial charge < -0.3 is 15.4 Å². The van der Waals surface area contributed by atoms with Gasteiger partial charge in [-0.3, -0.25) is 0 Å². The Morgan fingerprint density at radius 1 is 1.29 bits per heavy atom. The van der Waals surface area contributed by atoms with Gasteiger partial charge in [0.15, 0.2) is 0 Å². The van der Waals surface area contributed by atoms with Gasteiger partial charge in [-0.1, -0.05) is 6.92 Å². The van der Waals surface area contributed by atoms with E-state index in [2.05, 4.69) is 16.6 Å². The molecule has 0 aromatic rings. The van der Waals surface area contributed by atoms with Crippen LogP contribution in [0.15, 0.2) is 0 Å². The van der Waals surface area contributed by atoms with Crippen LogP contribution in [0.3, 0.4) is 0 Å². The Morgan fingerprint density at radius 2 is 1.88 bits per heavy atom. The molecule has 0 amide bonds. The van der Waals surface area contributed by atoms with E-state index < -0.39 is 12.8 Å². The lowest BCUT2D eigenvalue weighted by atomic mass is 9.80. The van der Waals surface area contributed by atoms with E-state index in [1.54, 1.807) is 0 Å². The average molecular weight is 254 g/mol. The molecule has 0 spiro atoms. The van der Waals surface area contributed by atoms with Crippen molar-refractivity contribution in [2.75, 3.05) is 39.4 Å². The van der Waals surface area contributed by atoms with Gasteiger partial charge in [-0.2, -0.15) is 13.2 Å². The second-order valence-electron chi connectivity index (χ2n) is 5.02. The molecular formula is C11H21F3N2O. The van der Waals surface area contributed by atoms with E-state index in [4.69, 9.17) is 5.73 Å². The van der Waals surface area contributed by atoms with Gasteiger partial charge in [0.25, 0.3) is 0 Å². The number of halogens is 3. The van der Waals surface area contributed by atoms with E-state index in [0.717, 1.165) is 25.9 Å². The molecule has 0 unspecified atom stereocenters. The van der Waals surface area contributed by atoms with Crippen molar-refractivity contribution in [1.82, 2.24) is 4.90 Å². The SMILES string of the molecule is CC1(CN)CCN(CCOCC(F)(F)F)CC1. The van der Waals surface area contributed by atoms with Crippen LogP contribution in [0.2, 0.25) is 0 Å². The lowest BCUT2D eigenvalue weighted by Gasteiger charge is -2.38. The summed E-state index contributed by atoms with van der Waals surface area (Å²) in [5, 5.41) is 0. The zero-order valence-corrected chi connectivity index (χ0v) is 10.2. The highest BCUT2D eigenvalue weighted by atomic mass is 19.4. The maximum absolute atomic E-state index is 11.8. The Hall–Kier alpha value is -0.330. The second-order valence-corrected chi connectivity index (χ2v) is 5.02. The van der Waals surface area contributed by atoms with Crippen molar-refractivity contribution in [1.29, 1.82) is 0 Å². The number of ether oxygens (including phenoxy) is 1. The second kappa shape index (κ2) is 6.02. The smallest absolute Gasteiger partial charge is 0.371 e. The first-order valence-electron chi connectivity index (χ1n) is 5.92. The lowest BCUT2D eigenvalue weighted by Crippen LogP contribution is -2.43. The van der Waals surface area contributed by atoms with Crippen molar-refractivity contribution in [2.24, 2.45) is 11.1 Å². The molecule has 6 heteroatoms. The molecule has 1 rings (SSSR count). The summed E-state index contributed by atoms with van der Waals surface area (Å²) >= 11 is 0. The van der Waals surface area contributed by atoms with Gasteiger partial charge in [0, 0.05) is 6.54 Å². The number of hydrogen-bond donors (Lipinski definition) is 1. The Kier molecular flexibility index (Phi) is 5.22. The van der Waals surface area contributed by atoms with Gasteiger partial charge in [-0.25, -0.2) is 0 Å². The fraction of sp³-hybridized carbons (Fsp3) is 1.00. The summed E-state index contributed by atoms with van der Waals surface area (Å²) < 4.78 is 40.0. The van der Waals surface area contributed by atoms with Gasteiger partial charge in [-0.15, -0.1) is 0 Å². The van der Waals surface area contributed by atoms with Crippen molar-refractivity contribution in [2.45, 2.75) is 25.9 Å². The van der Waals surface area contributed by atoms with Crippen LogP contribution in [0.5, 0.6) is 0 Å². The summed E-state index contributed by atoms with van der Waals surface area (Å²) in [7, 11) is 0. The Morgan fingerprint density at radius 3 is 2.35 bits per heavy atom. The highest BCUT2D eigenvalue weighted by Crippen LogP contribution is 2.29. The lowest BCUT2D eigenvalue weighted by molar-refractivity contribution is -0.174. The van der Waals surface area contributed by atoms with E-state index in [9.17, 15) is 13.2 Å². The quantitative estimate of drug-likeness (QED) is 0.758. The highest BCUT2D eigenvalue weighted by molar-refractivity contribution is 4.82. The number of alkyl halides is 3. The molecule has 1 fully saturated rings. The number of hydrogen-bond acceptors (Lipinski definition) is 3. The van der Waals surface area contributed by atoms with E-state index in [0.29, 0.717) is 13.1 Å². The molecule has 0 aromatic carbocycles. The maximum atomic E-state index is 11.8. The summed E-state index contributed by atoms with van der Waals surface area (Å²) in [6, 6.07) is 0. The van der Waals surface area contributed by atoms with Crippen molar-refractivity contribution in [3.63, 3.8) is 0 Å². The minimum absolute atomic E-state index is 0.138. The molecule has 0 atom stereocenters. The van der Waals surface area contributed by atoms with E-state index in [1.165, 1.54) is 0 Å². The molecule has 2 N–H and O–H groups in total. The van der Waals surface area contributed by atoms with Crippen LogP contribution in [0.4, 0.5) is 13.2 Å². The van der Waals surface area contributed by atoms with Crippen LogP contribution in [0.25, 0.3) is 0 Å². The maximum Gasteiger partial charge on any atom is 0.411 e. The molecule has 0 saturated carbocycles. The Bertz CT molecular complexity index is 225. The monoisotopic (exact) mass is 254 g/mol.